The van der Waals surface area contributed by atoms with Crippen LogP contribution in [0.3, 0.4) is 0 Å². The summed E-state index contributed by atoms with van der Waals surface area (Å²) in [6, 6.07) is 5.17. The molecule has 8 heteroatoms. The highest BCUT2D eigenvalue weighted by atomic mass is 19.1. The summed E-state index contributed by atoms with van der Waals surface area (Å²) in [4.78, 5) is 40.2. The second-order valence-corrected chi connectivity index (χ2v) is 9.10. The third kappa shape index (κ3) is 4.06. The highest BCUT2D eigenvalue weighted by Crippen LogP contribution is 2.45. The van der Waals surface area contributed by atoms with Crippen molar-refractivity contribution >= 4 is 23.6 Å². The number of nitrogens with zero attached hydrogens (tertiary/aromatic N) is 2. The standard InChI is InChI=1S/C23H28FN3O4/c1-7-31-21(30)26-13-17(25-19(28)14-8-10-15(24)11-9-14)16-12-27(20(29)22(2,3)4)23(5,6)18(16)26/h8-11,13H,7,12H2,1-6H3,(H,25,28). The van der Waals surface area contributed by atoms with Crippen molar-refractivity contribution in [1.82, 2.24) is 9.47 Å². The van der Waals surface area contributed by atoms with Crippen LogP contribution in [0.5, 0.6) is 0 Å². The zero-order valence-electron chi connectivity index (χ0n) is 18.7. The van der Waals surface area contributed by atoms with E-state index in [4.69, 9.17) is 4.74 Å². The Balaban J connectivity index is 2.05. The van der Waals surface area contributed by atoms with Crippen molar-refractivity contribution in [1.29, 1.82) is 0 Å². The Hall–Kier alpha value is -3.16. The molecule has 1 aromatic heterocycles. The monoisotopic (exact) mass is 429 g/mol. The molecule has 0 aliphatic carbocycles. The number of nitrogens with one attached hydrogen (secondary N) is 1. The molecule has 0 saturated heterocycles. The van der Waals surface area contributed by atoms with Crippen molar-refractivity contribution < 1.29 is 23.5 Å². The van der Waals surface area contributed by atoms with E-state index in [1.807, 2.05) is 34.6 Å². The predicted molar refractivity (Wildman–Crippen MR) is 114 cm³/mol. The molecule has 0 radical (unpaired) electrons. The van der Waals surface area contributed by atoms with Crippen LogP contribution in [-0.2, 0) is 21.6 Å². The largest absolute Gasteiger partial charge is 0.449 e. The molecule has 0 bridgehead atoms. The molecular weight excluding hydrogens is 401 g/mol. The molecule has 1 aromatic carbocycles. The van der Waals surface area contributed by atoms with Crippen molar-refractivity contribution in [3.8, 4) is 0 Å². The van der Waals surface area contributed by atoms with E-state index in [9.17, 15) is 18.8 Å². The first-order chi connectivity index (χ1) is 14.4. The summed E-state index contributed by atoms with van der Waals surface area (Å²) in [5.41, 5.74) is 0.538. The number of halogens is 1. The van der Waals surface area contributed by atoms with Gasteiger partial charge < -0.3 is 15.0 Å². The molecular formula is C23H28FN3O4. The Bertz CT molecular complexity index is 1030. The van der Waals surface area contributed by atoms with E-state index in [1.165, 1.54) is 35.0 Å². The summed E-state index contributed by atoms with van der Waals surface area (Å²) in [5.74, 6) is -0.953. The number of carbonyl (C=O) groups excluding carboxylic acids is 3. The van der Waals surface area contributed by atoms with E-state index in [1.54, 1.807) is 11.8 Å². The van der Waals surface area contributed by atoms with Gasteiger partial charge in [0.25, 0.3) is 5.91 Å². The van der Waals surface area contributed by atoms with Crippen molar-refractivity contribution in [2.75, 3.05) is 11.9 Å². The molecule has 0 spiro atoms. The van der Waals surface area contributed by atoms with E-state index in [-0.39, 0.29) is 24.6 Å². The predicted octanol–water partition coefficient (Wildman–Crippen LogP) is 4.51. The number of hydrogen-bond donors (Lipinski definition) is 1. The molecule has 0 unspecified atom stereocenters. The number of anilines is 1. The molecule has 1 aliphatic heterocycles. The van der Waals surface area contributed by atoms with Gasteiger partial charge in [0, 0.05) is 22.7 Å². The van der Waals surface area contributed by atoms with Crippen molar-refractivity contribution in [2.24, 2.45) is 5.41 Å². The van der Waals surface area contributed by atoms with Crippen molar-refractivity contribution in [3.05, 3.63) is 53.1 Å². The van der Waals surface area contributed by atoms with Gasteiger partial charge in [0.05, 0.1) is 30.1 Å². The van der Waals surface area contributed by atoms with Gasteiger partial charge in [-0.1, -0.05) is 20.8 Å². The molecule has 2 heterocycles. The second kappa shape index (κ2) is 7.83. The Kier molecular flexibility index (Phi) is 5.69. The van der Waals surface area contributed by atoms with Gasteiger partial charge in [-0.3, -0.25) is 14.2 Å². The zero-order chi connectivity index (χ0) is 23.1. The van der Waals surface area contributed by atoms with E-state index < -0.39 is 28.8 Å². The summed E-state index contributed by atoms with van der Waals surface area (Å²) >= 11 is 0. The van der Waals surface area contributed by atoms with Crippen LogP contribution in [0.4, 0.5) is 14.9 Å². The van der Waals surface area contributed by atoms with E-state index >= 15 is 0 Å². The smallest absolute Gasteiger partial charge is 0.418 e. The van der Waals surface area contributed by atoms with Gasteiger partial charge in [0.15, 0.2) is 0 Å². The summed E-state index contributed by atoms with van der Waals surface area (Å²) in [7, 11) is 0. The fourth-order valence-electron chi connectivity index (χ4n) is 3.82. The van der Waals surface area contributed by atoms with Crippen LogP contribution in [0, 0.1) is 11.2 Å². The Morgan fingerprint density at radius 2 is 1.77 bits per heavy atom. The van der Waals surface area contributed by atoms with Crippen molar-refractivity contribution in [3.63, 3.8) is 0 Å². The maximum atomic E-state index is 13.2. The molecule has 0 saturated carbocycles. The van der Waals surface area contributed by atoms with Gasteiger partial charge in [0.2, 0.25) is 5.91 Å². The Labute approximate surface area is 181 Å². The fourth-order valence-corrected chi connectivity index (χ4v) is 3.82. The minimum absolute atomic E-state index is 0.0695. The van der Waals surface area contributed by atoms with Gasteiger partial charge in [-0.25, -0.2) is 9.18 Å². The SMILES string of the molecule is CCOC(=O)n1cc(NC(=O)c2ccc(F)cc2)c2c1C(C)(C)N(C(=O)C(C)(C)C)C2. The van der Waals surface area contributed by atoms with Crippen LogP contribution in [0.1, 0.15) is 63.2 Å². The molecule has 0 fully saturated rings. The first-order valence-electron chi connectivity index (χ1n) is 10.2. The molecule has 1 N–H and O–H groups in total. The highest BCUT2D eigenvalue weighted by Gasteiger charge is 2.47. The summed E-state index contributed by atoms with van der Waals surface area (Å²) in [6.45, 7) is 11.4. The lowest BCUT2D eigenvalue weighted by Crippen LogP contribution is -2.46. The lowest BCUT2D eigenvalue weighted by Gasteiger charge is -2.37. The average molecular weight is 429 g/mol. The maximum Gasteiger partial charge on any atom is 0.418 e. The minimum Gasteiger partial charge on any atom is -0.449 e. The third-order valence-corrected chi connectivity index (χ3v) is 5.39. The molecule has 166 valence electrons. The molecule has 0 atom stereocenters. The number of carbonyl (C=O) groups is 3. The Morgan fingerprint density at radius 3 is 2.32 bits per heavy atom. The fraction of sp³-hybridized carbons (Fsp3) is 0.435. The van der Waals surface area contributed by atoms with E-state index in [0.717, 1.165) is 0 Å². The highest BCUT2D eigenvalue weighted by molar-refractivity contribution is 6.05. The Morgan fingerprint density at radius 1 is 1.16 bits per heavy atom. The molecule has 7 nitrogen and oxygen atoms in total. The third-order valence-electron chi connectivity index (χ3n) is 5.39. The van der Waals surface area contributed by atoms with Crippen molar-refractivity contribution in [2.45, 2.75) is 53.6 Å². The second-order valence-electron chi connectivity index (χ2n) is 9.10. The van der Waals surface area contributed by atoms with Crippen LogP contribution in [0.25, 0.3) is 0 Å². The van der Waals surface area contributed by atoms with Crippen LogP contribution in [0.2, 0.25) is 0 Å². The van der Waals surface area contributed by atoms with Gasteiger partial charge in [-0.05, 0) is 45.0 Å². The van der Waals surface area contributed by atoms with E-state index in [2.05, 4.69) is 5.32 Å². The quantitative estimate of drug-likeness (QED) is 0.779. The molecule has 2 amide bonds. The lowest BCUT2D eigenvalue weighted by molar-refractivity contribution is -0.145. The number of amides is 2. The average Bonchev–Trinajstić information content (AvgIpc) is 3.16. The minimum atomic E-state index is -0.800. The molecule has 1 aliphatic rings. The first kappa shape index (κ1) is 22.5. The lowest BCUT2D eigenvalue weighted by atomic mass is 9.91. The number of hydrogen-bond acceptors (Lipinski definition) is 4. The van der Waals surface area contributed by atoms with Crippen LogP contribution in [0.15, 0.2) is 30.5 Å². The zero-order valence-corrected chi connectivity index (χ0v) is 18.7. The van der Waals surface area contributed by atoms with Gasteiger partial charge in [-0.15, -0.1) is 0 Å². The number of fused-ring (bicyclic) bond motifs is 1. The van der Waals surface area contributed by atoms with Crippen LogP contribution < -0.4 is 5.32 Å². The summed E-state index contributed by atoms with van der Waals surface area (Å²) in [5, 5.41) is 2.80. The summed E-state index contributed by atoms with van der Waals surface area (Å²) < 4.78 is 19.7. The number of aromatic nitrogens is 1. The van der Waals surface area contributed by atoms with Gasteiger partial charge in [-0.2, -0.15) is 0 Å². The van der Waals surface area contributed by atoms with Gasteiger partial charge in [0.1, 0.15) is 5.82 Å². The topological polar surface area (TPSA) is 80.6 Å². The maximum absolute atomic E-state index is 13.2. The van der Waals surface area contributed by atoms with E-state index in [0.29, 0.717) is 16.9 Å². The molecule has 2 aromatic rings. The number of benzene rings is 1. The molecule has 31 heavy (non-hydrogen) atoms. The number of ether oxygens (including phenoxy) is 1. The first-order valence-corrected chi connectivity index (χ1v) is 10.2. The van der Waals surface area contributed by atoms with Crippen LogP contribution in [-0.4, -0.2) is 34.0 Å². The van der Waals surface area contributed by atoms with Gasteiger partial charge >= 0.3 is 6.09 Å². The summed E-state index contributed by atoms with van der Waals surface area (Å²) in [6.07, 6.45) is 0.934. The molecule has 3 rings (SSSR count). The normalized spacial score (nSPS) is 14.9. The number of rotatable bonds is 3. The van der Waals surface area contributed by atoms with Crippen LogP contribution >= 0.6 is 0 Å².